The Labute approximate surface area is 146 Å². The lowest BCUT2D eigenvalue weighted by molar-refractivity contribution is -0.354. The van der Waals surface area contributed by atoms with Gasteiger partial charge in [-0.1, -0.05) is 18.2 Å². The third-order valence-electron chi connectivity index (χ3n) is 3.59. The highest BCUT2D eigenvalue weighted by atomic mass is 16.4. The zero-order valence-electron chi connectivity index (χ0n) is 14.5. The summed E-state index contributed by atoms with van der Waals surface area (Å²) in [4.78, 5) is 13.7. The van der Waals surface area contributed by atoms with Gasteiger partial charge in [-0.3, -0.25) is 0 Å². The second-order valence-corrected chi connectivity index (χ2v) is 6.66. The van der Waals surface area contributed by atoms with Crippen LogP contribution in [0.2, 0.25) is 0 Å². The first-order valence-electron chi connectivity index (χ1n) is 7.87. The first-order chi connectivity index (χ1) is 11.7. The number of aromatic carboxylic acids is 1. The number of rotatable bonds is 1. The molecule has 0 radical (unpaired) electrons. The maximum atomic E-state index is 10.6. The van der Waals surface area contributed by atoms with Gasteiger partial charge in [0.05, 0.1) is 12.0 Å². The van der Waals surface area contributed by atoms with Gasteiger partial charge in [0, 0.05) is 18.5 Å². The molecule has 6 nitrogen and oxygen atoms in total. The van der Waals surface area contributed by atoms with Gasteiger partial charge >= 0.3 is 5.97 Å². The smallest absolute Gasteiger partial charge is 0.335 e. The number of phenolic OH excluding ortho intramolecular Hbond substituents is 1. The van der Waals surface area contributed by atoms with E-state index in [0.717, 1.165) is 24.6 Å². The van der Waals surface area contributed by atoms with Crippen molar-refractivity contribution in [2.24, 2.45) is 0 Å². The number of fused-ring (bicyclic) bond motifs is 1. The highest BCUT2D eigenvalue weighted by Gasteiger charge is 2.26. The number of anilines is 1. The fraction of sp³-hybridized carbons (Fsp3) is 0.263. The number of benzene rings is 2. The number of carbonyl (C=O) groups is 1. The van der Waals surface area contributed by atoms with Gasteiger partial charge in [-0.2, -0.15) is 0 Å². The number of hydrogen-bond donors (Lipinski definition) is 4. The Morgan fingerprint density at radius 2 is 1.92 bits per heavy atom. The topological polar surface area (TPSA) is 107 Å². The van der Waals surface area contributed by atoms with Crippen LogP contribution >= 0.6 is 0 Å². The minimum Gasteiger partial charge on any atom is -0.872 e. The van der Waals surface area contributed by atoms with Gasteiger partial charge in [0.25, 0.3) is 0 Å². The average molecular weight is 342 g/mol. The summed E-state index contributed by atoms with van der Waals surface area (Å²) in [7, 11) is 0. The molecule has 1 aliphatic rings. The molecule has 0 fully saturated rings. The largest absolute Gasteiger partial charge is 0.872 e. The minimum atomic E-state index is -1.22. The monoisotopic (exact) mass is 342 g/mol. The molecule has 0 spiro atoms. The van der Waals surface area contributed by atoms with Crippen molar-refractivity contribution in [2.45, 2.75) is 32.7 Å². The molecular weight excluding hydrogens is 320 g/mol. The first-order valence-corrected chi connectivity index (χ1v) is 7.87. The first kappa shape index (κ1) is 18.3. The SMILES string of the molecule is CC1=[NH+]c2ccccc2NC(C)(C)C1.O=C(O)c1cc([O-])cc(O)c1. The predicted molar refractivity (Wildman–Crippen MR) is 94.6 cm³/mol. The molecule has 0 saturated heterocycles. The summed E-state index contributed by atoms with van der Waals surface area (Å²) in [5.74, 6) is -2.06. The highest BCUT2D eigenvalue weighted by molar-refractivity contribution is 5.88. The third-order valence-corrected chi connectivity index (χ3v) is 3.59. The lowest BCUT2D eigenvalue weighted by Gasteiger charge is -2.23. The van der Waals surface area contributed by atoms with Gasteiger partial charge in [0.15, 0.2) is 5.71 Å². The van der Waals surface area contributed by atoms with Crippen molar-refractivity contribution in [1.82, 2.24) is 0 Å². The Morgan fingerprint density at radius 3 is 2.56 bits per heavy atom. The van der Waals surface area contributed by atoms with Crippen molar-refractivity contribution < 1.29 is 25.1 Å². The molecule has 2 aromatic rings. The van der Waals surface area contributed by atoms with Crippen LogP contribution in [-0.4, -0.2) is 27.4 Å². The molecule has 0 atom stereocenters. The molecule has 0 saturated carbocycles. The summed E-state index contributed by atoms with van der Waals surface area (Å²) in [5, 5.41) is 31.3. The van der Waals surface area contributed by atoms with E-state index in [-0.39, 0.29) is 16.9 Å². The summed E-state index contributed by atoms with van der Waals surface area (Å²) in [6.07, 6.45) is 1.04. The molecule has 3 rings (SSSR count). The van der Waals surface area contributed by atoms with Crippen LogP contribution in [0.4, 0.5) is 11.4 Å². The second kappa shape index (κ2) is 7.25. The lowest BCUT2D eigenvalue weighted by Crippen LogP contribution is -2.65. The predicted octanol–water partition coefficient (Wildman–Crippen LogP) is 1.62. The van der Waals surface area contributed by atoms with Crippen LogP contribution in [0.5, 0.6) is 11.5 Å². The van der Waals surface area contributed by atoms with Gasteiger partial charge < -0.3 is 20.6 Å². The maximum Gasteiger partial charge on any atom is 0.335 e. The van der Waals surface area contributed by atoms with E-state index in [2.05, 4.69) is 55.3 Å². The molecule has 0 aromatic heterocycles. The Hall–Kier alpha value is -3.02. The van der Waals surface area contributed by atoms with Gasteiger partial charge in [-0.15, -0.1) is 5.75 Å². The van der Waals surface area contributed by atoms with E-state index in [4.69, 9.17) is 10.2 Å². The normalized spacial score (nSPS) is 14.8. The van der Waals surface area contributed by atoms with Gasteiger partial charge in [0.1, 0.15) is 11.4 Å². The number of nitrogens with one attached hydrogen (secondary N) is 2. The summed E-state index contributed by atoms with van der Waals surface area (Å²) in [6, 6.07) is 11.2. The van der Waals surface area contributed by atoms with Crippen molar-refractivity contribution in [1.29, 1.82) is 0 Å². The molecule has 0 unspecified atom stereocenters. The maximum absolute atomic E-state index is 10.6. The molecule has 25 heavy (non-hydrogen) atoms. The number of para-hydroxylation sites is 2. The molecule has 0 amide bonds. The van der Waals surface area contributed by atoms with Gasteiger partial charge in [0.2, 0.25) is 5.69 Å². The van der Waals surface area contributed by atoms with Crippen LogP contribution in [0.15, 0.2) is 42.5 Å². The van der Waals surface area contributed by atoms with Gasteiger partial charge in [-0.05, 0) is 32.0 Å². The lowest BCUT2D eigenvalue weighted by atomic mass is 9.98. The van der Waals surface area contributed by atoms with E-state index in [1.54, 1.807) is 0 Å². The molecular formula is C19H22N2O4. The van der Waals surface area contributed by atoms with E-state index < -0.39 is 11.7 Å². The third kappa shape index (κ3) is 5.24. The van der Waals surface area contributed by atoms with Crippen molar-refractivity contribution >= 4 is 23.1 Å². The Morgan fingerprint density at radius 1 is 1.24 bits per heavy atom. The molecule has 4 N–H and O–H groups in total. The molecule has 0 aliphatic carbocycles. The molecule has 2 aromatic carbocycles. The Kier molecular flexibility index (Phi) is 5.32. The number of phenols is 1. The number of aromatic hydroxyl groups is 1. The summed E-state index contributed by atoms with van der Waals surface area (Å²) in [6.45, 7) is 6.59. The van der Waals surface area contributed by atoms with Crippen LogP contribution in [-0.2, 0) is 0 Å². The summed E-state index contributed by atoms with van der Waals surface area (Å²) < 4.78 is 0. The van der Waals surface area contributed by atoms with Crippen LogP contribution in [0.25, 0.3) is 0 Å². The average Bonchev–Trinajstić information content (AvgIpc) is 2.59. The zero-order chi connectivity index (χ0) is 18.6. The van der Waals surface area contributed by atoms with E-state index >= 15 is 0 Å². The van der Waals surface area contributed by atoms with E-state index in [9.17, 15) is 9.90 Å². The van der Waals surface area contributed by atoms with Gasteiger partial charge in [-0.25, -0.2) is 9.79 Å². The molecule has 1 heterocycles. The fourth-order valence-corrected chi connectivity index (χ4v) is 2.75. The van der Waals surface area contributed by atoms with Crippen LogP contribution in [0.1, 0.15) is 37.6 Å². The minimum absolute atomic E-state index is 0.129. The highest BCUT2D eigenvalue weighted by Crippen LogP contribution is 2.24. The van der Waals surface area contributed by atoms with Crippen molar-refractivity contribution in [3.63, 3.8) is 0 Å². The quantitative estimate of drug-likeness (QED) is 0.630. The summed E-state index contributed by atoms with van der Waals surface area (Å²) >= 11 is 0. The zero-order valence-corrected chi connectivity index (χ0v) is 14.5. The summed E-state index contributed by atoms with van der Waals surface area (Å²) in [5.41, 5.74) is 3.61. The van der Waals surface area contributed by atoms with Crippen molar-refractivity contribution in [2.75, 3.05) is 5.32 Å². The number of carboxylic acid groups (broad SMARTS) is 1. The number of carboxylic acids is 1. The van der Waals surface area contributed by atoms with Crippen LogP contribution in [0.3, 0.4) is 0 Å². The van der Waals surface area contributed by atoms with Crippen molar-refractivity contribution in [3.8, 4) is 11.5 Å². The van der Waals surface area contributed by atoms with E-state index in [1.165, 1.54) is 17.1 Å². The standard InChI is InChI=1S/C12H16N2.C7H6O4/c1-9-8-12(2,3)14-11-7-5-4-6-10(11)13-9;8-5-1-4(7(10)11)2-6(9)3-5/h4-7,14H,8H2,1-3H3;1-3,8-9H,(H,10,11). The molecule has 6 heteroatoms. The van der Waals surface area contributed by atoms with Crippen LogP contribution in [0, 0.1) is 0 Å². The molecule has 0 bridgehead atoms. The number of hydrogen-bond acceptors (Lipinski definition) is 4. The van der Waals surface area contributed by atoms with E-state index in [1.807, 2.05) is 0 Å². The molecule has 132 valence electrons. The van der Waals surface area contributed by atoms with E-state index in [0.29, 0.717) is 0 Å². The Balaban J connectivity index is 0.000000186. The second-order valence-electron chi connectivity index (χ2n) is 6.66. The van der Waals surface area contributed by atoms with Crippen molar-refractivity contribution in [3.05, 3.63) is 48.0 Å². The molecule has 1 aliphatic heterocycles. The van der Waals surface area contributed by atoms with Crippen LogP contribution < -0.4 is 15.4 Å². The Bertz CT molecular complexity index is 793. The fourth-order valence-electron chi connectivity index (χ4n) is 2.75.